The summed E-state index contributed by atoms with van der Waals surface area (Å²) in [4.78, 5) is 54.2. The molecule has 0 radical (unpaired) electrons. The number of nitrogens with zero attached hydrogens (tertiary/aromatic N) is 4. The molecule has 5 rings (SSSR count). The molecule has 1 aliphatic rings. The molecular weight excluding hydrogens is 448 g/mol. The van der Waals surface area contributed by atoms with Crippen LogP contribution in [0.1, 0.15) is 34.2 Å². The molecule has 1 saturated heterocycles. The minimum Gasteiger partial charge on any atom is -0.366 e. The Kier molecular flexibility index (Phi) is 5.33. The van der Waals surface area contributed by atoms with E-state index in [1.54, 1.807) is 66.2 Å². The third-order valence-electron chi connectivity index (χ3n) is 5.80. The van der Waals surface area contributed by atoms with E-state index in [0.717, 1.165) is 5.56 Å². The Labute approximate surface area is 199 Å². The fourth-order valence-electron chi connectivity index (χ4n) is 4.01. The number of carbonyl (C=O) groups is 4. The average molecular weight is 468 g/mol. The van der Waals surface area contributed by atoms with Crippen molar-refractivity contribution in [2.45, 2.75) is 13.3 Å². The maximum absolute atomic E-state index is 12.9. The summed E-state index contributed by atoms with van der Waals surface area (Å²) < 4.78 is 1.54. The summed E-state index contributed by atoms with van der Waals surface area (Å²) >= 11 is 0. The monoisotopic (exact) mass is 468 g/mol. The number of benzene rings is 2. The van der Waals surface area contributed by atoms with E-state index in [4.69, 9.17) is 5.73 Å². The smallest absolute Gasteiger partial charge is 0.276 e. The lowest BCUT2D eigenvalue weighted by atomic mass is 10.1. The van der Waals surface area contributed by atoms with Crippen LogP contribution in [0, 0.1) is 5.92 Å². The Morgan fingerprint density at radius 1 is 1.09 bits per heavy atom. The Bertz CT molecular complexity index is 1510. The number of nitrogens with one attached hydrogen (secondary N) is 1. The second kappa shape index (κ2) is 8.49. The molecule has 35 heavy (non-hydrogen) atoms. The highest BCUT2D eigenvalue weighted by molar-refractivity contribution is 6.20. The third-order valence-corrected chi connectivity index (χ3v) is 5.80. The summed E-state index contributed by atoms with van der Waals surface area (Å²) in [5.74, 6) is -1.82. The Morgan fingerprint density at radius 2 is 1.86 bits per heavy atom. The summed E-state index contributed by atoms with van der Waals surface area (Å²) in [6.07, 6.45) is 3.30. The highest BCUT2D eigenvalue weighted by Gasteiger charge is 2.36. The van der Waals surface area contributed by atoms with Crippen molar-refractivity contribution in [2.24, 2.45) is 11.7 Å². The molecule has 0 spiro atoms. The lowest BCUT2D eigenvalue weighted by Crippen LogP contribution is -2.29. The molecule has 1 fully saturated rings. The Morgan fingerprint density at radius 3 is 2.54 bits per heavy atom. The fourth-order valence-corrected chi connectivity index (χ4v) is 4.01. The number of carbonyl (C=O) groups excluding carboxylic acids is 4. The summed E-state index contributed by atoms with van der Waals surface area (Å²) in [6.45, 7) is 1.74. The van der Waals surface area contributed by atoms with E-state index >= 15 is 0 Å². The molecule has 10 nitrogen and oxygen atoms in total. The summed E-state index contributed by atoms with van der Waals surface area (Å²) in [5.41, 5.74) is 8.46. The summed E-state index contributed by atoms with van der Waals surface area (Å²) in [5, 5.41) is 7.25. The molecule has 0 bridgehead atoms. The van der Waals surface area contributed by atoms with Gasteiger partial charge in [0.25, 0.3) is 5.91 Å². The second-order valence-electron chi connectivity index (χ2n) is 8.25. The Hall–Kier alpha value is -4.86. The average Bonchev–Trinajstić information content (AvgIpc) is 3.39. The molecule has 2 aromatic carbocycles. The molecule has 1 aliphatic heterocycles. The van der Waals surface area contributed by atoms with Gasteiger partial charge in [-0.2, -0.15) is 5.10 Å². The molecule has 4 amide bonds. The number of nitrogens with two attached hydrogens (primary N) is 1. The maximum Gasteiger partial charge on any atom is 0.276 e. The zero-order chi connectivity index (χ0) is 24.7. The first kappa shape index (κ1) is 22.0. The van der Waals surface area contributed by atoms with Crippen molar-refractivity contribution in [3.8, 4) is 11.3 Å². The predicted molar refractivity (Wildman–Crippen MR) is 128 cm³/mol. The van der Waals surface area contributed by atoms with Crippen LogP contribution in [0.5, 0.6) is 0 Å². The van der Waals surface area contributed by atoms with Crippen LogP contribution >= 0.6 is 0 Å². The van der Waals surface area contributed by atoms with Crippen molar-refractivity contribution < 1.29 is 19.2 Å². The fraction of sp³-hybridized carbons (Fsp3) is 0.120. The third kappa shape index (κ3) is 4.01. The number of rotatable bonds is 5. The number of primary amides is 1. The van der Waals surface area contributed by atoms with Gasteiger partial charge >= 0.3 is 0 Å². The number of hydrogen-bond donors (Lipinski definition) is 2. The second-order valence-corrected chi connectivity index (χ2v) is 8.25. The van der Waals surface area contributed by atoms with Gasteiger partial charge in [-0.05, 0) is 36.4 Å². The number of anilines is 2. The standard InChI is InChI=1S/C25H20N6O4/c1-14-11-21(32)31(25(14)35)18-7-5-15(6-8-18)19-13-20-22(27-9-10-30(20)29-19)24(34)28-17-4-2-3-16(12-17)23(26)33/h2-10,12-14H,11H2,1H3,(H2,26,33)(H,28,34). The highest BCUT2D eigenvalue weighted by Crippen LogP contribution is 2.29. The highest BCUT2D eigenvalue weighted by atomic mass is 16.2. The molecule has 10 heteroatoms. The van der Waals surface area contributed by atoms with Crippen LogP contribution in [0.2, 0.25) is 0 Å². The van der Waals surface area contributed by atoms with E-state index in [2.05, 4.69) is 15.4 Å². The quantitative estimate of drug-likeness (QED) is 0.432. The van der Waals surface area contributed by atoms with Crippen LogP contribution in [-0.2, 0) is 9.59 Å². The van der Waals surface area contributed by atoms with Crippen molar-refractivity contribution in [1.29, 1.82) is 0 Å². The van der Waals surface area contributed by atoms with Crippen molar-refractivity contribution in [3.63, 3.8) is 0 Å². The maximum atomic E-state index is 12.9. The molecule has 3 heterocycles. The molecular formula is C25H20N6O4. The molecule has 0 saturated carbocycles. The first-order valence-corrected chi connectivity index (χ1v) is 10.8. The van der Waals surface area contributed by atoms with Gasteiger partial charge in [0.1, 0.15) is 0 Å². The minimum atomic E-state index is -0.597. The minimum absolute atomic E-state index is 0.148. The first-order chi connectivity index (χ1) is 16.8. The van der Waals surface area contributed by atoms with E-state index in [1.807, 2.05) is 0 Å². The van der Waals surface area contributed by atoms with Crippen molar-refractivity contribution in [2.75, 3.05) is 10.2 Å². The van der Waals surface area contributed by atoms with Gasteiger partial charge in [0.05, 0.1) is 16.9 Å². The molecule has 174 valence electrons. The van der Waals surface area contributed by atoms with Crippen molar-refractivity contribution in [1.82, 2.24) is 14.6 Å². The normalized spacial score (nSPS) is 15.6. The van der Waals surface area contributed by atoms with Gasteiger partial charge in [-0.1, -0.05) is 25.1 Å². The topological polar surface area (TPSA) is 140 Å². The van der Waals surface area contributed by atoms with Gasteiger partial charge < -0.3 is 11.1 Å². The largest absolute Gasteiger partial charge is 0.366 e. The Balaban J connectivity index is 1.42. The number of fused-ring (bicyclic) bond motifs is 1. The number of imide groups is 1. The lowest BCUT2D eigenvalue weighted by Gasteiger charge is -2.14. The number of amides is 4. The molecule has 4 aromatic rings. The molecule has 0 aliphatic carbocycles. The van der Waals surface area contributed by atoms with Crippen molar-refractivity contribution >= 4 is 40.5 Å². The molecule has 3 N–H and O–H groups in total. The van der Waals surface area contributed by atoms with E-state index in [9.17, 15) is 19.2 Å². The van der Waals surface area contributed by atoms with Gasteiger partial charge in [0.15, 0.2) is 5.69 Å². The van der Waals surface area contributed by atoms with Gasteiger partial charge in [-0.15, -0.1) is 0 Å². The van der Waals surface area contributed by atoms with Crippen LogP contribution in [0.15, 0.2) is 67.0 Å². The zero-order valence-electron chi connectivity index (χ0n) is 18.6. The first-order valence-electron chi connectivity index (χ1n) is 10.8. The van der Waals surface area contributed by atoms with Crippen LogP contribution in [0.3, 0.4) is 0 Å². The van der Waals surface area contributed by atoms with Gasteiger partial charge in [0, 0.05) is 41.5 Å². The molecule has 1 atom stereocenters. The van der Waals surface area contributed by atoms with Crippen LogP contribution in [0.4, 0.5) is 11.4 Å². The molecule has 1 unspecified atom stereocenters. The van der Waals surface area contributed by atoms with Crippen LogP contribution in [-0.4, -0.2) is 38.2 Å². The molecule has 2 aromatic heterocycles. The lowest BCUT2D eigenvalue weighted by molar-refractivity contribution is -0.122. The van der Waals surface area contributed by atoms with E-state index < -0.39 is 11.8 Å². The van der Waals surface area contributed by atoms with E-state index in [-0.39, 0.29) is 35.4 Å². The van der Waals surface area contributed by atoms with Gasteiger partial charge in [-0.3, -0.25) is 24.1 Å². The number of hydrogen-bond acceptors (Lipinski definition) is 6. The SMILES string of the molecule is CC1CC(=O)N(c2ccc(-c3cc4c(C(=O)Nc5cccc(C(N)=O)c5)nccn4n3)cc2)C1=O. The predicted octanol–water partition coefficient (Wildman–Crippen LogP) is 2.65. The van der Waals surface area contributed by atoms with Crippen LogP contribution in [0.25, 0.3) is 16.8 Å². The van der Waals surface area contributed by atoms with E-state index in [0.29, 0.717) is 22.6 Å². The van der Waals surface area contributed by atoms with E-state index in [1.165, 1.54) is 17.2 Å². The van der Waals surface area contributed by atoms with Crippen molar-refractivity contribution in [3.05, 3.63) is 78.2 Å². The van der Waals surface area contributed by atoms with Crippen LogP contribution < -0.4 is 16.0 Å². The summed E-state index contributed by atoms with van der Waals surface area (Å²) in [6, 6.07) is 15.0. The van der Waals surface area contributed by atoms with Gasteiger partial charge in [-0.25, -0.2) is 9.50 Å². The number of aromatic nitrogens is 3. The zero-order valence-corrected chi connectivity index (χ0v) is 18.6. The van der Waals surface area contributed by atoms with Gasteiger partial charge in [0.2, 0.25) is 17.7 Å². The summed E-state index contributed by atoms with van der Waals surface area (Å²) in [7, 11) is 0.